The lowest BCUT2D eigenvalue weighted by Crippen LogP contribution is -2.44. The number of nitriles is 1. The van der Waals surface area contributed by atoms with Crippen LogP contribution >= 0.6 is 11.3 Å². The topological polar surface area (TPSA) is 76.4 Å². The number of carbonyl (C=O) groups excluding carboxylic acids is 2. The minimum atomic E-state index is -0.381. The first kappa shape index (κ1) is 24.9. The second kappa shape index (κ2) is 12.0. The van der Waals surface area contributed by atoms with Crippen LogP contribution in [-0.2, 0) is 17.9 Å². The Labute approximate surface area is 203 Å². The monoisotopic (exact) mass is 478 g/mol. The van der Waals surface area contributed by atoms with Crippen molar-refractivity contribution < 1.29 is 14.0 Å². The van der Waals surface area contributed by atoms with Gasteiger partial charge in [-0.15, -0.1) is 11.3 Å². The van der Waals surface area contributed by atoms with Gasteiger partial charge in [-0.25, -0.2) is 9.18 Å². The van der Waals surface area contributed by atoms with Gasteiger partial charge >= 0.3 is 6.03 Å². The van der Waals surface area contributed by atoms with Crippen molar-refractivity contribution in [2.24, 2.45) is 0 Å². The van der Waals surface area contributed by atoms with E-state index in [0.717, 1.165) is 16.0 Å². The van der Waals surface area contributed by atoms with Crippen LogP contribution in [0.25, 0.3) is 0 Å². The highest BCUT2D eigenvalue weighted by Gasteiger charge is 2.22. The van der Waals surface area contributed by atoms with E-state index in [-0.39, 0.29) is 24.3 Å². The van der Waals surface area contributed by atoms with Crippen LogP contribution in [0.3, 0.4) is 0 Å². The predicted octanol–water partition coefficient (Wildman–Crippen LogP) is 5.54. The van der Waals surface area contributed by atoms with Crippen molar-refractivity contribution in [2.75, 3.05) is 18.4 Å². The molecule has 3 rings (SSSR count). The molecule has 1 N–H and O–H groups in total. The van der Waals surface area contributed by atoms with E-state index >= 15 is 0 Å². The zero-order valence-electron chi connectivity index (χ0n) is 19.3. The summed E-state index contributed by atoms with van der Waals surface area (Å²) in [6, 6.07) is 16.3. The number of amides is 3. The van der Waals surface area contributed by atoms with Gasteiger partial charge in [0.1, 0.15) is 12.4 Å². The summed E-state index contributed by atoms with van der Waals surface area (Å²) >= 11 is 1.58. The molecule has 0 saturated heterocycles. The molecule has 0 spiro atoms. The fourth-order valence-electron chi connectivity index (χ4n) is 3.40. The van der Waals surface area contributed by atoms with Crippen molar-refractivity contribution in [1.29, 1.82) is 5.26 Å². The summed E-state index contributed by atoms with van der Waals surface area (Å²) in [6.07, 6.45) is 0.691. The molecule has 0 aliphatic rings. The van der Waals surface area contributed by atoms with Crippen LogP contribution in [0.15, 0.2) is 60.0 Å². The Morgan fingerprint density at radius 2 is 1.74 bits per heavy atom. The van der Waals surface area contributed by atoms with Crippen molar-refractivity contribution in [2.45, 2.75) is 33.4 Å². The van der Waals surface area contributed by atoms with Crippen LogP contribution in [0.4, 0.5) is 14.9 Å². The largest absolute Gasteiger partial charge is 0.332 e. The molecule has 0 bridgehead atoms. The van der Waals surface area contributed by atoms with Gasteiger partial charge in [-0.2, -0.15) is 5.26 Å². The first-order valence-electron chi connectivity index (χ1n) is 11.0. The maximum Gasteiger partial charge on any atom is 0.322 e. The molecular weight excluding hydrogens is 451 g/mol. The number of benzene rings is 2. The van der Waals surface area contributed by atoms with Gasteiger partial charge in [0, 0.05) is 23.7 Å². The van der Waals surface area contributed by atoms with E-state index in [1.54, 1.807) is 52.6 Å². The van der Waals surface area contributed by atoms with Gasteiger partial charge in [0.05, 0.1) is 18.2 Å². The maximum absolute atomic E-state index is 13.4. The molecular formula is C26H27FN4O2S. The second-order valence-corrected chi connectivity index (χ2v) is 8.94. The molecule has 6 nitrogen and oxygen atoms in total. The fraction of sp³-hybridized carbons (Fsp3) is 0.269. The average Bonchev–Trinajstić information content (AvgIpc) is 3.24. The summed E-state index contributed by atoms with van der Waals surface area (Å²) in [6.45, 7) is 5.00. The first-order chi connectivity index (χ1) is 16.4. The minimum absolute atomic E-state index is 0.0818. The van der Waals surface area contributed by atoms with Crippen LogP contribution < -0.4 is 5.32 Å². The van der Waals surface area contributed by atoms with Gasteiger partial charge in [0.15, 0.2) is 0 Å². The van der Waals surface area contributed by atoms with E-state index < -0.39 is 0 Å². The van der Waals surface area contributed by atoms with E-state index in [2.05, 4.69) is 5.32 Å². The maximum atomic E-state index is 13.4. The van der Waals surface area contributed by atoms with Crippen LogP contribution in [0, 0.1) is 24.1 Å². The summed E-state index contributed by atoms with van der Waals surface area (Å²) in [5.41, 5.74) is 2.97. The van der Waals surface area contributed by atoms with Gasteiger partial charge in [0.25, 0.3) is 0 Å². The Morgan fingerprint density at radius 3 is 2.32 bits per heavy atom. The number of hydrogen-bond acceptors (Lipinski definition) is 4. The molecule has 1 aromatic heterocycles. The lowest BCUT2D eigenvalue weighted by Gasteiger charge is -2.28. The molecule has 176 valence electrons. The van der Waals surface area contributed by atoms with Crippen LogP contribution in [-0.4, -0.2) is 34.8 Å². The number of nitrogens with one attached hydrogen (secondary N) is 1. The molecule has 0 fully saturated rings. The Balaban J connectivity index is 1.75. The summed E-state index contributed by atoms with van der Waals surface area (Å²) < 4.78 is 13.4. The quantitative estimate of drug-likeness (QED) is 0.439. The molecule has 8 heteroatoms. The minimum Gasteiger partial charge on any atom is -0.332 e. The van der Waals surface area contributed by atoms with Crippen molar-refractivity contribution in [3.05, 3.63) is 87.4 Å². The third kappa shape index (κ3) is 6.90. The number of hydrogen-bond donors (Lipinski definition) is 1. The average molecular weight is 479 g/mol. The highest BCUT2D eigenvalue weighted by Crippen LogP contribution is 2.20. The van der Waals surface area contributed by atoms with Gasteiger partial charge < -0.3 is 15.1 Å². The first-order valence-corrected chi connectivity index (χ1v) is 11.9. The van der Waals surface area contributed by atoms with E-state index in [0.29, 0.717) is 37.3 Å². The number of rotatable bonds is 9. The van der Waals surface area contributed by atoms with Crippen molar-refractivity contribution in [1.82, 2.24) is 9.80 Å². The number of nitrogens with zero attached hydrogens (tertiary/aromatic N) is 3. The highest BCUT2D eigenvalue weighted by molar-refractivity contribution is 7.10. The number of carbonyl (C=O) groups is 2. The van der Waals surface area contributed by atoms with Gasteiger partial charge in [-0.1, -0.05) is 19.1 Å². The Bertz CT molecular complexity index is 1150. The number of aryl methyl sites for hydroxylation is 1. The lowest BCUT2D eigenvalue weighted by molar-refractivity contribution is -0.133. The molecule has 2 aromatic carbocycles. The number of halogens is 1. The Morgan fingerprint density at radius 1 is 1.03 bits per heavy atom. The van der Waals surface area contributed by atoms with Crippen LogP contribution in [0.2, 0.25) is 0 Å². The van der Waals surface area contributed by atoms with E-state index in [1.807, 2.05) is 31.4 Å². The normalized spacial score (nSPS) is 10.4. The Hall–Kier alpha value is -3.70. The number of urea groups is 1. The molecule has 0 radical (unpaired) electrons. The molecule has 0 aliphatic carbocycles. The summed E-state index contributed by atoms with van der Waals surface area (Å²) in [5, 5.41) is 13.7. The number of thiophene rings is 1. The SMILES string of the molecule is CCCN(CC(=O)N(Cc1ccc(F)cc1)Cc1sccc1C)C(=O)Nc1ccc(C#N)cc1. The summed E-state index contributed by atoms with van der Waals surface area (Å²) in [4.78, 5) is 30.6. The predicted molar refractivity (Wildman–Crippen MR) is 132 cm³/mol. The summed E-state index contributed by atoms with van der Waals surface area (Å²) in [7, 11) is 0. The molecule has 3 aromatic rings. The van der Waals surface area contributed by atoms with Gasteiger partial charge in [0.2, 0.25) is 5.91 Å². The standard InChI is InChI=1S/C26H27FN4O2S/c1-3-13-30(26(33)29-23-10-6-20(15-28)7-11-23)18-25(32)31(17-24-19(2)12-14-34-24)16-21-4-8-22(27)9-5-21/h4-12,14H,3,13,16-18H2,1-2H3,(H,29,33). The zero-order chi connectivity index (χ0) is 24.5. The molecule has 0 saturated carbocycles. The van der Waals surface area contributed by atoms with Crippen molar-refractivity contribution in [3.8, 4) is 6.07 Å². The lowest BCUT2D eigenvalue weighted by atomic mass is 10.2. The van der Waals surface area contributed by atoms with Gasteiger partial charge in [-0.3, -0.25) is 4.79 Å². The summed E-state index contributed by atoms with van der Waals surface area (Å²) in [5.74, 6) is -0.523. The molecule has 0 aliphatic heterocycles. The van der Waals surface area contributed by atoms with Crippen molar-refractivity contribution >= 4 is 29.0 Å². The van der Waals surface area contributed by atoms with Crippen LogP contribution in [0.1, 0.15) is 34.9 Å². The van der Waals surface area contributed by atoms with Gasteiger partial charge in [-0.05, 0) is 72.3 Å². The van der Waals surface area contributed by atoms with E-state index in [4.69, 9.17) is 5.26 Å². The fourth-order valence-corrected chi connectivity index (χ4v) is 4.32. The second-order valence-electron chi connectivity index (χ2n) is 7.94. The van der Waals surface area contributed by atoms with E-state index in [1.165, 1.54) is 17.0 Å². The zero-order valence-corrected chi connectivity index (χ0v) is 20.1. The molecule has 34 heavy (non-hydrogen) atoms. The third-order valence-corrected chi connectivity index (χ3v) is 6.32. The molecule has 3 amide bonds. The van der Waals surface area contributed by atoms with E-state index in [9.17, 15) is 14.0 Å². The third-order valence-electron chi connectivity index (χ3n) is 5.31. The molecule has 0 unspecified atom stereocenters. The molecule has 0 atom stereocenters. The smallest absolute Gasteiger partial charge is 0.322 e. The highest BCUT2D eigenvalue weighted by atomic mass is 32.1. The van der Waals surface area contributed by atoms with Crippen LogP contribution in [0.5, 0.6) is 0 Å². The van der Waals surface area contributed by atoms with Crippen molar-refractivity contribution in [3.63, 3.8) is 0 Å². The molecule has 1 heterocycles. The number of anilines is 1. The Kier molecular flexibility index (Phi) is 8.77.